The van der Waals surface area contributed by atoms with Gasteiger partial charge in [-0.3, -0.25) is 4.79 Å². The minimum atomic E-state index is 0.0132. The summed E-state index contributed by atoms with van der Waals surface area (Å²) in [7, 11) is 1.65. The summed E-state index contributed by atoms with van der Waals surface area (Å²) in [6, 6.07) is 15.4. The molecule has 0 heterocycles. The highest BCUT2D eigenvalue weighted by atomic mass is 16.5. The SMILES string of the molecule is COc1ccc(C#Cc2ccc(C(=O)NC3CCC(C)CC3)cc2)cc1. The first-order valence-electron chi connectivity index (χ1n) is 9.21. The van der Waals surface area contributed by atoms with Crippen molar-refractivity contribution in [3.8, 4) is 17.6 Å². The first-order valence-corrected chi connectivity index (χ1v) is 9.21. The number of amides is 1. The maximum atomic E-state index is 12.4. The molecule has 0 spiro atoms. The molecule has 3 heteroatoms. The lowest BCUT2D eigenvalue weighted by Crippen LogP contribution is -2.37. The van der Waals surface area contributed by atoms with E-state index in [1.165, 1.54) is 12.8 Å². The second kappa shape index (κ2) is 8.58. The van der Waals surface area contributed by atoms with Gasteiger partial charge in [-0.25, -0.2) is 0 Å². The van der Waals surface area contributed by atoms with E-state index in [1.54, 1.807) is 7.11 Å². The van der Waals surface area contributed by atoms with Crippen LogP contribution in [0.5, 0.6) is 5.75 Å². The van der Waals surface area contributed by atoms with Gasteiger partial charge >= 0.3 is 0 Å². The first kappa shape index (κ1) is 18.1. The van der Waals surface area contributed by atoms with Gasteiger partial charge in [-0.05, 0) is 80.1 Å². The summed E-state index contributed by atoms with van der Waals surface area (Å²) in [6.45, 7) is 2.28. The molecule has 1 saturated carbocycles. The number of hydrogen-bond acceptors (Lipinski definition) is 2. The molecule has 1 aliphatic carbocycles. The highest BCUT2D eigenvalue weighted by molar-refractivity contribution is 5.94. The Morgan fingerprint density at radius 2 is 1.46 bits per heavy atom. The molecule has 0 bridgehead atoms. The van der Waals surface area contributed by atoms with Gasteiger partial charge in [0.2, 0.25) is 0 Å². The van der Waals surface area contributed by atoms with Crippen LogP contribution in [-0.2, 0) is 0 Å². The largest absolute Gasteiger partial charge is 0.497 e. The van der Waals surface area contributed by atoms with Gasteiger partial charge in [0.15, 0.2) is 0 Å². The van der Waals surface area contributed by atoms with E-state index in [2.05, 4.69) is 24.1 Å². The molecule has 0 atom stereocenters. The zero-order valence-electron chi connectivity index (χ0n) is 15.4. The van der Waals surface area contributed by atoms with Gasteiger partial charge in [-0.15, -0.1) is 0 Å². The van der Waals surface area contributed by atoms with E-state index in [0.717, 1.165) is 35.6 Å². The smallest absolute Gasteiger partial charge is 0.251 e. The van der Waals surface area contributed by atoms with Crippen LogP contribution in [-0.4, -0.2) is 19.1 Å². The minimum absolute atomic E-state index is 0.0132. The summed E-state index contributed by atoms with van der Waals surface area (Å²) in [5.41, 5.74) is 2.52. The number of ether oxygens (including phenoxy) is 1. The Balaban J connectivity index is 1.59. The van der Waals surface area contributed by atoms with Gasteiger partial charge < -0.3 is 10.1 Å². The van der Waals surface area contributed by atoms with Gasteiger partial charge in [0.05, 0.1) is 7.11 Å². The molecule has 2 aromatic carbocycles. The first-order chi connectivity index (χ1) is 12.6. The van der Waals surface area contributed by atoms with Gasteiger partial charge in [0.25, 0.3) is 5.91 Å². The van der Waals surface area contributed by atoms with Gasteiger partial charge in [0, 0.05) is 22.7 Å². The fourth-order valence-corrected chi connectivity index (χ4v) is 3.20. The topological polar surface area (TPSA) is 38.3 Å². The van der Waals surface area contributed by atoms with Crippen molar-refractivity contribution in [1.29, 1.82) is 0 Å². The maximum Gasteiger partial charge on any atom is 0.251 e. The molecule has 26 heavy (non-hydrogen) atoms. The van der Waals surface area contributed by atoms with Crippen LogP contribution in [0.25, 0.3) is 0 Å². The number of carbonyl (C=O) groups excluding carboxylic acids is 1. The van der Waals surface area contributed by atoms with E-state index in [9.17, 15) is 4.79 Å². The Bertz CT molecular complexity index is 789. The summed E-state index contributed by atoms with van der Waals surface area (Å²) in [5, 5.41) is 3.16. The van der Waals surface area contributed by atoms with E-state index < -0.39 is 0 Å². The Kier molecular flexibility index (Phi) is 5.96. The second-order valence-corrected chi connectivity index (χ2v) is 6.99. The predicted molar refractivity (Wildman–Crippen MR) is 104 cm³/mol. The van der Waals surface area contributed by atoms with Crippen LogP contribution in [0.4, 0.5) is 0 Å². The number of hydrogen-bond donors (Lipinski definition) is 1. The molecule has 0 aromatic heterocycles. The summed E-state index contributed by atoms with van der Waals surface area (Å²) >= 11 is 0. The fourth-order valence-electron chi connectivity index (χ4n) is 3.20. The second-order valence-electron chi connectivity index (χ2n) is 6.99. The molecule has 2 aromatic rings. The average molecular weight is 347 g/mol. The van der Waals surface area contributed by atoms with Crippen LogP contribution in [0.1, 0.15) is 54.1 Å². The van der Waals surface area contributed by atoms with Crippen LogP contribution in [0.3, 0.4) is 0 Å². The molecule has 1 amide bonds. The van der Waals surface area contributed by atoms with Crippen LogP contribution in [0.15, 0.2) is 48.5 Å². The van der Waals surface area contributed by atoms with Crippen LogP contribution < -0.4 is 10.1 Å². The van der Waals surface area contributed by atoms with E-state index >= 15 is 0 Å². The molecule has 1 fully saturated rings. The van der Waals surface area contributed by atoms with Crippen LogP contribution in [0, 0.1) is 17.8 Å². The normalized spacial score (nSPS) is 19.2. The molecule has 1 N–H and O–H groups in total. The summed E-state index contributed by atoms with van der Waals surface area (Å²) < 4.78 is 5.14. The molecule has 134 valence electrons. The Hall–Kier alpha value is -2.73. The number of methoxy groups -OCH3 is 1. The number of carbonyl (C=O) groups is 1. The van der Waals surface area contributed by atoms with E-state index in [0.29, 0.717) is 11.6 Å². The van der Waals surface area contributed by atoms with Crippen LogP contribution >= 0.6 is 0 Å². The summed E-state index contributed by atoms with van der Waals surface area (Å²) in [5.74, 6) is 7.87. The van der Waals surface area contributed by atoms with Crippen molar-refractivity contribution in [3.05, 3.63) is 65.2 Å². The fraction of sp³-hybridized carbons (Fsp3) is 0.348. The Morgan fingerprint density at radius 1 is 0.923 bits per heavy atom. The minimum Gasteiger partial charge on any atom is -0.497 e. The highest BCUT2D eigenvalue weighted by Crippen LogP contribution is 2.23. The molecule has 0 unspecified atom stereocenters. The monoisotopic (exact) mass is 347 g/mol. The molecule has 1 aliphatic rings. The third kappa shape index (κ3) is 4.89. The van der Waals surface area contributed by atoms with E-state index in [4.69, 9.17) is 4.74 Å². The van der Waals surface area contributed by atoms with Crippen molar-refractivity contribution in [2.24, 2.45) is 5.92 Å². The summed E-state index contributed by atoms with van der Waals surface area (Å²) in [4.78, 5) is 12.4. The third-order valence-corrected chi connectivity index (χ3v) is 4.94. The lowest BCUT2D eigenvalue weighted by atomic mass is 9.87. The van der Waals surface area contributed by atoms with Crippen molar-refractivity contribution in [1.82, 2.24) is 5.32 Å². The van der Waals surface area contributed by atoms with E-state index in [1.807, 2.05) is 48.5 Å². The molecule has 0 saturated heterocycles. The lowest BCUT2D eigenvalue weighted by molar-refractivity contribution is 0.0923. The van der Waals surface area contributed by atoms with Crippen molar-refractivity contribution in [2.45, 2.75) is 38.6 Å². The molecule has 0 aliphatic heterocycles. The highest BCUT2D eigenvalue weighted by Gasteiger charge is 2.20. The molecule has 0 radical (unpaired) electrons. The Labute approximate surface area is 155 Å². The number of benzene rings is 2. The molecular formula is C23H25NO2. The van der Waals surface area contributed by atoms with Gasteiger partial charge in [-0.1, -0.05) is 18.8 Å². The molecule has 3 rings (SSSR count). The lowest BCUT2D eigenvalue weighted by Gasteiger charge is -2.26. The van der Waals surface area contributed by atoms with Gasteiger partial charge in [-0.2, -0.15) is 0 Å². The zero-order valence-corrected chi connectivity index (χ0v) is 15.4. The third-order valence-electron chi connectivity index (χ3n) is 4.94. The van der Waals surface area contributed by atoms with Crippen molar-refractivity contribution in [3.63, 3.8) is 0 Å². The number of rotatable bonds is 3. The standard InChI is InChI=1S/C23H25NO2/c1-17-3-13-21(14-4-17)24-23(25)20-11-7-18(8-12-20)5-6-19-9-15-22(26-2)16-10-19/h7-12,15-17,21H,3-4,13-14H2,1-2H3,(H,24,25). The van der Waals surface area contributed by atoms with Crippen molar-refractivity contribution in [2.75, 3.05) is 7.11 Å². The number of nitrogens with one attached hydrogen (secondary N) is 1. The average Bonchev–Trinajstić information content (AvgIpc) is 2.69. The van der Waals surface area contributed by atoms with Crippen LogP contribution in [0.2, 0.25) is 0 Å². The Morgan fingerprint density at radius 3 is 2.00 bits per heavy atom. The van der Waals surface area contributed by atoms with Crippen molar-refractivity contribution < 1.29 is 9.53 Å². The predicted octanol–water partition coefficient (Wildman–Crippen LogP) is 4.40. The van der Waals surface area contributed by atoms with Gasteiger partial charge in [0.1, 0.15) is 5.75 Å². The molecule has 3 nitrogen and oxygen atoms in total. The summed E-state index contributed by atoms with van der Waals surface area (Å²) in [6.07, 6.45) is 4.56. The zero-order chi connectivity index (χ0) is 18.4. The maximum absolute atomic E-state index is 12.4. The van der Waals surface area contributed by atoms with E-state index in [-0.39, 0.29) is 5.91 Å². The quantitative estimate of drug-likeness (QED) is 0.836. The van der Waals surface area contributed by atoms with Crippen molar-refractivity contribution >= 4 is 5.91 Å². The molecular weight excluding hydrogens is 322 g/mol.